The molecule has 19 heteroatoms. The van der Waals surface area contributed by atoms with Crippen LogP contribution in [0.15, 0.2) is 41.1 Å². The van der Waals surface area contributed by atoms with E-state index in [0.29, 0.717) is 103 Å². The van der Waals surface area contributed by atoms with E-state index in [9.17, 15) is 9.59 Å². The van der Waals surface area contributed by atoms with E-state index < -0.39 is 5.60 Å². The number of hydrogen-bond acceptors (Lipinski definition) is 16. The predicted molar refractivity (Wildman–Crippen MR) is 239 cm³/mol. The molecule has 2 aromatic heterocycles. The van der Waals surface area contributed by atoms with Crippen molar-refractivity contribution in [3.8, 4) is 11.8 Å². The number of likely N-dealkylation sites (tertiary alicyclic amines) is 2. The number of anilines is 1. The molecular formula is C44H71BrN6O12. The highest BCUT2D eigenvalue weighted by atomic mass is 79.9. The van der Waals surface area contributed by atoms with E-state index in [1.54, 1.807) is 18.5 Å². The molecule has 6 rings (SSSR count). The Hall–Kier alpha value is -3.56. The number of amides is 2. The van der Waals surface area contributed by atoms with Gasteiger partial charge in [0, 0.05) is 85.0 Å². The number of aliphatic hydroxyl groups excluding tert-OH is 2. The highest BCUT2D eigenvalue weighted by Gasteiger charge is 2.42. The van der Waals surface area contributed by atoms with Gasteiger partial charge < -0.3 is 68.1 Å². The van der Waals surface area contributed by atoms with Gasteiger partial charge in [-0.1, -0.05) is 15.9 Å². The molecule has 4 saturated heterocycles. The molecule has 18 nitrogen and oxygen atoms in total. The number of aliphatic hydroxyl groups is 2. The predicted octanol–water partition coefficient (Wildman–Crippen LogP) is 4.68. The number of rotatable bonds is 19. The molecular weight excluding hydrogens is 884 g/mol. The van der Waals surface area contributed by atoms with Gasteiger partial charge in [0.05, 0.1) is 66.1 Å². The summed E-state index contributed by atoms with van der Waals surface area (Å²) in [6.45, 7) is 18.7. The van der Waals surface area contributed by atoms with Crippen molar-refractivity contribution in [2.45, 2.75) is 103 Å². The smallest absolute Gasteiger partial charge is 0.410 e. The lowest BCUT2D eigenvalue weighted by atomic mass is 10.1. The molecule has 4 bridgehead atoms. The van der Waals surface area contributed by atoms with Crippen LogP contribution in [0.4, 0.5) is 15.3 Å². The van der Waals surface area contributed by atoms with E-state index in [1.165, 1.54) is 12.8 Å². The number of nitrogens with zero attached hydrogens (tertiary/aromatic N) is 5. The van der Waals surface area contributed by atoms with Gasteiger partial charge in [-0.15, -0.1) is 0 Å². The lowest BCUT2D eigenvalue weighted by Crippen LogP contribution is -2.56. The van der Waals surface area contributed by atoms with Crippen LogP contribution in [0.2, 0.25) is 0 Å². The summed E-state index contributed by atoms with van der Waals surface area (Å²) < 4.78 is 43.8. The molecule has 0 aromatic carbocycles. The molecule has 6 heterocycles. The molecule has 4 unspecified atom stereocenters. The van der Waals surface area contributed by atoms with Crippen molar-refractivity contribution in [1.29, 1.82) is 0 Å². The van der Waals surface area contributed by atoms with Gasteiger partial charge in [0.2, 0.25) is 11.8 Å². The molecule has 356 valence electrons. The Morgan fingerprint density at radius 1 is 0.635 bits per heavy atom. The van der Waals surface area contributed by atoms with Crippen LogP contribution in [0.3, 0.4) is 0 Å². The Labute approximate surface area is 381 Å². The van der Waals surface area contributed by atoms with Crippen LogP contribution >= 0.6 is 15.9 Å². The van der Waals surface area contributed by atoms with E-state index in [-0.39, 0.29) is 43.1 Å². The van der Waals surface area contributed by atoms with Crippen LogP contribution in [0.25, 0.3) is 0 Å². The average molecular weight is 956 g/mol. The summed E-state index contributed by atoms with van der Waals surface area (Å²) in [6.07, 6.45) is 7.50. The Morgan fingerprint density at radius 2 is 1.06 bits per heavy atom. The van der Waals surface area contributed by atoms with Crippen molar-refractivity contribution in [3.63, 3.8) is 0 Å². The van der Waals surface area contributed by atoms with Crippen molar-refractivity contribution in [3.05, 3.63) is 41.1 Å². The lowest BCUT2D eigenvalue weighted by molar-refractivity contribution is 0.0186. The zero-order valence-electron chi connectivity index (χ0n) is 38.0. The van der Waals surface area contributed by atoms with Gasteiger partial charge in [-0.25, -0.2) is 19.6 Å². The topological polar surface area (TPSA) is 196 Å². The highest BCUT2D eigenvalue weighted by Crippen LogP contribution is 2.36. The molecule has 4 atom stereocenters. The molecule has 63 heavy (non-hydrogen) atoms. The number of pyridine rings is 2. The van der Waals surface area contributed by atoms with Gasteiger partial charge >= 0.3 is 12.2 Å². The number of halogens is 1. The van der Waals surface area contributed by atoms with Crippen LogP contribution in [-0.2, 0) is 28.4 Å². The number of aromatic nitrogens is 2. The molecule has 0 radical (unpaired) electrons. The van der Waals surface area contributed by atoms with E-state index >= 15 is 0 Å². The maximum atomic E-state index is 12.5. The molecule has 2 amide bonds. The number of carbonyl (C=O) groups is 2. The summed E-state index contributed by atoms with van der Waals surface area (Å²) in [7, 11) is 0. The third-order valence-electron chi connectivity index (χ3n) is 9.89. The number of nitrogens with one attached hydrogen (secondary N) is 1. The summed E-state index contributed by atoms with van der Waals surface area (Å²) in [5.74, 6) is 1.13. The van der Waals surface area contributed by atoms with Gasteiger partial charge in [0.25, 0.3) is 0 Å². The van der Waals surface area contributed by atoms with E-state index in [0.717, 1.165) is 36.1 Å². The minimum absolute atomic E-state index is 0.0168. The van der Waals surface area contributed by atoms with E-state index in [4.69, 9.17) is 48.1 Å². The third kappa shape index (κ3) is 20.0. The highest BCUT2D eigenvalue weighted by molar-refractivity contribution is 9.10. The van der Waals surface area contributed by atoms with Gasteiger partial charge in [0.1, 0.15) is 24.4 Å². The van der Waals surface area contributed by atoms with Crippen molar-refractivity contribution in [2.24, 2.45) is 0 Å². The van der Waals surface area contributed by atoms with Gasteiger partial charge in [0.15, 0.2) is 0 Å². The van der Waals surface area contributed by atoms with Gasteiger partial charge in [-0.2, -0.15) is 0 Å². The number of fused-ring (bicyclic) bond motifs is 4. The zero-order valence-corrected chi connectivity index (χ0v) is 39.6. The van der Waals surface area contributed by atoms with Crippen molar-refractivity contribution in [1.82, 2.24) is 25.1 Å². The molecule has 4 fully saturated rings. The average Bonchev–Trinajstić information content (AvgIpc) is 3.70. The summed E-state index contributed by atoms with van der Waals surface area (Å²) in [4.78, 5) is 38.7. The first-order chi connectivity index (χ1) is 30.1. The monoisotopic (exact) mass is 954 g/mol. The fourth-order valence-electron chi connectivity index (χ4n) is 7.36. The standard InChI is InChI=1S/C22H35N3O6.C11H16BrNO4.C11H20N2O2/c1-22(2,3)31-21(27)24-15-18-4-5-19(16-24)25(18)17-6-7-23-20(14-17)30-13-12-29-11-10-28-9-8-26;12-10-1-2-13-11(9-10)17-8-7-16-6-5-15-4-3-14;1-11(2,3)15-10(14)13-6-8-4-5-9(7-13)12-8/h6-7,14,18-19,26H,4-5,8-13,15-16H2,1-3H3;1-2,9,14H,3-8H2;8-9,12H,4-7H2,1-3H3. The number of carbonyl (C=O) groups excluding carboxylic acids is 2. The zero-order chi connectivity index (χ0) is 45.7. The number of piperazine rings is 2. The first kappa shape index (κ1) is 52.1. The van der Waals surface area contributed by atoms with Crippen LogP contribution < -0.4 is 19.7 Å². The molecule has 2 aromatic rings. The van der Waals surface area contributed by atoms with Crippen molar-refractivity contribution >= 4 is 33.8 Å². The molecule has 0 aliphatic carbocycles. The molecule has 3 N–H and O–H groups in total. The van der Waals surface area contributed by atoms with Crippen molar-refractivity contribution < 1.29 is 57.7 Å². The summed E-state index contributed by atoms with van der Waals surface area (Å²) in [6, 6.07) is 9.08. The summed E-state index contributed by atoms with van der Waals surface area (Å²) in [5, 5.41) is 20.6. The van der Waals surface area contributed by atoms with Gasteiger partial charge in [-0.05, 0) is 79.4 Å². The Kier molecular flexibility index (Phi) is 22.3. The van der Waals surface area contributed by atoms with Crippen LogP contribution in [0.5, 0.6) is 11.8 Å². The molecule has 4 aliphatic heterocycles. The minimum atomic E-state index is -0.485. The SMILES string of the molecule is CC(C)(C)OC(=O)N1CC2CCC(C1)N2.CC(C)(C)OC(=O)N1CC2CCC(C1)N2c1ccnc(OCCOCCOCCO)c1.OCCOCCOCCOc1cc(Br)ccn1. The largest absolute Gasteiger partial charge is 0.475 e. The van der Waals surface area contributed by atoms with Crippen molar-refractivity contribution in [2.75, 3.05) is 110 Å². The normalized spacial score (nSPS) is 20.3. The fourth-order valence-corrected chi connectivity index (χ4v) is 7.67. The quantitative estimate of drug-likeness (QED) is 0.164. The second-order valence-corrected chi connectivity index (χ2v) is 18.4. The summed E-state index contributed by atoms with van der Waals surface area (Å²) in [5.41, 5.74) is 0.196. The maximum absolute atomic E-state index is 12.5. The lowest BCUT2D eigenvalue weighted by Gasteiger charge is -2.42. The maximum Gasteiger partial charge on any atom is 0.410 e. The van der Waals surface area contributed by atoms with Gasteiger partial charge in [-0.3, -0.25) is 0 Å². The first-order valence-corrected chi connectivity index (χ1v) is 22.8. The molecule has 0 spiro atoms. The Balaban J connectivity index is 0.000000229. The fraction of sp³-hybridized carbons (Fsp3) is 0.727. The third-order valence-corrected chi connectivity index (χ3v) is 10.4. The number of hydrogen-bond donors (Lipinski definition) is 3. The second kappa shape index (κ2) is 27.0. The van der Waals surface area contributed by atoms with E-state index in [1.807, 2.05) is 69.5 Å². The first-order valence-electron chi connectivity index (χ1n) is 22.0. The number of ether oxygens (including phenoxy) is 8. The van der Waals surface area contributed by atoms with Crippen LogP contribution in [0.1, 0.15) is 67.2 Å². The van der Waals surface area contributed by atoms with Crippen LogP contribution in [0, 0.1) is 0 Å². The second-order valence-electron chi connectivity index (χ2n) is 17.5. The Morgan fingerprint density at radius 3 is 1.52 bits per heavy atom. The van der Waals surface area contributed by atoms with Crippen LogP contribution in [-0.4, -0.2) is 183 Å². The minimum Gasteiger partial charge on any atom is -0.475 e. The summed E-state index contributed by atoms with van der Waals surface area (Å²) >= 11 is 3.33. The molecule has 0 saturated carbocycles. The van der Waals surface area contributed by atoms with E-state index in [2.05, 4.69) is 36.1 Å². The Bertz CT molecular complexity index is 1610. The molecule has 4 aliphatic rings.